The normalized spacial score (nSPS) is 12.6. The number of primary amides is 1. The van der Waals surface area contributed by atoms with Crippen molar-refractivity contribution in [2.75, 3.05) is 0 Å². The van der Waals surface area contributed by atoms with Gasteiger partial charge < -0.3 is 11.5 Å². The lowest BCUT2D eigenvalue weighted by Crippen LogP contribution is -2.28. The van der Waals surface area contributed by atoms with Gasteiger partial charge in [-0.2, -0.15) is 0 Å². The highest BCUT2D eigenvalue weighted by molar-refractivity contribution is 5.86. The monoisotopic (exact) mass is 200 g/mol. The Morgan fingerprint density at radius 3 is 2.40 bits per heavy atom. The van der Waals surface area contributed by atoms with Crippen LogP contribution < -0.4 is 11.5 Å². The molecule has 76 valence electrons. The molecule has 0 bridgehead atoms. The predicted molar refractivity (Wildman–Crippen MR) is 60.1 cm³/mol. The van der Waals surface area contributed by atoms with Gasteiger partial charge in [-0.15, -0.1) is 0 Å². The summed E-state index contributed by atoms with van der Waals surface area (Å²) in [6, 6.07) is 12.8. The number of fused-ring (bicyclic) bond motifs is 1. The lowest BCUT2D eigenvalue weighted by molar-refractivity contribution is -0.119. The highest BCUT2D eigenvalue weighted by Crippen LogP contribution is 2.18. The minimum atomic E-state index is -0.727. The summed E-state index contributed by atoms with van der Waals surface area (Å²) in [5.41, 5.74) is 11.6. The molecule has 15 heavy (non-hydrogen) atoms. The zero-order valence-corrected chi connectivity index (χ0v) is 8.18. The SMILES string of the molecule is NC(=O)[C@H](N)c1ccc2ccccc2c1. The first-order valence-electron chi connectivity index (χ1n) is 4.72. The molecule has 1 atom stereocenters. The number of amides is 1. The van der Waals surface area contributed by atoms with Crippen LogP contribution in [0.4, 0.5) is 0 Å². The van der Waals surface area contributed by atoms with Crippen LogP contribution in [0, 0.1) is 0 Å². The molecule has 0 fully saturated rings. The van der Waals surface area contributed by atoms with Gasteiger partial charge in [0.2, 0.25) is 5.91 Å². The van der Waals surface area contributed by atoms with E-state index in [0.29, 0.717) is 0 Å². The van der Waals surface area contributed by atoms with Gasteiger partial charge >= 0.3 is 0 Å². The van der Waals surface area contributed by atoms with Gasteiger partial charge in [-0.25, -0.2) is 0 Å². The van der Waals surface area contributed by atoms with E-state index in [1.54, 1.807) is 0 Å². The summed E-state index contributed by atoms with van der Waals surface area (Å²) in [7, 11) is 0. The molecule has 0 radical (unpaired) electrons. The van der Waals surface area contributed by atoms with Gasteiger partial charge in [0.15, 0.2) is 0 Å². The van der Waals surface area contributed by atoms with Gasteiger partial charge in [-0.1, -0.05) is 36.4 Å². The first kappa shape index (κ1) is 9.68. The van der Waals surface area contributed by atoms with E-state index in [9.17, 15) is 4.79 Å². The van der Waals surface area contributed by atoms with Gasteiger partial charge in [-0.05, 0) is 22.4 Å². The summed E-state index contributed by atoms with van der Waals surface area (Å²) in [6.45, 7) is 0. The molecular formula is C12H12N2O. The van der Waals surface area contributed by atoms with Gasteiger partial charge in [0, 0.05) is 0 Å². The highest BCUT2D eigenvalue weighted by Gasteiger charge is 2.11. The van der Waals surface area contributed by atoms with Crippen LogP contribution in [0.5, 0.6) is 0 Å². The van der Waals surface area contributed by atoms with Crippen molar-refractivity contribution in [2.24, 2.45) is 11.5 Å². The van der Waals surface area contributed by atoms with Crippen LogP contribution in [0.15, 0.2) is 42.5 Å². The first-order valence-corrected chi connectivity index (χ1v) is 4.72. The molecule has 0 aliphatic rings. The van der Waals surface area contributed by atoms with Crippen LogP contribution in [0.1, 0.15) is 11.6 Å². The molecule has 0 heterocycles. The van der Waals surface area contributed by atoms with E-state index in [2.05, 4.69) is 0 Å². The van der Waals surface area contributed by atoms with Crippen molar-refractivity contribution >= 4 is 16.7 Å². The summed E-state index contributed by atoms with van der Waals surface area (Å²) < 4.78 is 0. The second-order valence-corrected chi connectivity index (χ2v) is 3.49. The van der Waals surface area contributed by atoms with E-state index in [1.165, 1.54) is 0 Å². The largest absolute Gasteiger partial charge is 0.368 e. The molecule has 2 rings (SSSR count). The number of carbonyl (C=O) groups is 1. The van der Waals surface area contributed by atoms with Crippen LogP contribution in [0.3, 0.4) is 0 Å². The Morgan fingerprint density at radius 1 is 1.07 bits per heavy atom. The summed E-state index contributed by atoms with van der Waals surface area (Å²) >= 11 is 0. The molecule has 2 aromatic carbocycles. The number of rotatable bonds is 2. The molecule has 0 saturated heterocycles. The lowest BCUT2D eigenvalue weighted by atomic mass is 10.0. The number of nitrogens with two attached hydrogens (primary N) is 2. The zero-order valence-electron chi connectivity index (χ0n) is 8.18. The Morgan fingerprint density at radius 2 is 1.73 bits per heavy atom. The summed E-state index contributed by atoms with van der Waals surface area (Å²) in [5, 5.41) is 2.18. The van der Waals surface area contributed by atoms with Crippen LogP contribution in [-0.2, 0) is 4.79 Å². The minimum absolute atomic E-state index is 0.509. The Labute approximate surface area is 87.7 Å². The maximum Gasteiger partial charge on any atom is 0.238 e. The van der Waals surface area contributed by atoms with E-state index in [-0.39, 0.29) is 0 Å². The van der Waals surface area contributed by atoms with Crippen molar-refractivity contribution in [2.45, 2.75) is 6.04 Å². The van der Waals surface area contributed by atoms with Gasteiger partial charge in [0.25, 0.3) is 0 Å². The van der Waals surface area contributed by atoms with Crippen molar-refractivity contribution in [1.29, 1.82) is 0 Å². The lowest BCUT2D eigenvalue weighted by Gasteiger charge is -2.08. The maximum atomic E-state index is 10.9. The standard InChI is InChI=1S/C12H12N2O/c13-11(12(14)15)10-6-5-8-3-1-2-4-9(8)7-10/h1-7,11H,13H2,(H2,14,15)/t11-/m1/s1. The fraction of sp³-hybridized carbons (Fsp3) is 0.0833. The van der Waals surface area contributed by atoms with Crippen molar-refractivity contribution < 1.29 is 4.79 Å². The molecule has 2 aromatic rings. The Bertz CT molecular complexity index is 508. The van der Waals surface area contributed by atoms with E-state index in [1.807, 2.05) is 42.5 Å². The molecule has 4 N–H and O–H groups in total. The van der Waals surface area contributed by atoms with Crippen LogP contribution in [0.2, 0.25) is 0 Å². The Hall–Kier alpha value is -1.87. The molecule has 0 aliphatic heterocycles. The average molecular weight is 200 g/mol. The second kappa shape index (κ2) is 3.71. The third-order valence-electron chi connectivity index (χ3n) is 2.44. The van der Waals surface area contributed by atoms with Crippen molar-refractivity contribution in [3.8, 4) is 0 Å². The summed E-state index contributed by atoms with van der Waals surface area (Å²) in [5.74, 6) is -0.509. The van der Waals surface area contributed by atoms with E-state index in [0.717, 1.165) is 16.3 Å². The van der Waals surface area contributed by atoms with Gasteiger partial charge in [0.1, 0.15) is 6.04 Å². The van der Waals surface area contributed by atoms with Crippen LogP contribution >= 0.6 is 0 Å². The smallest absolute Gasteiger partial charge is 0.238 e. The molecule has 0 spiro atoms. The van der Waals surface area contributed by atoms with Crippen molar-refractivity contribution in [3.05, 3.63) is 48.0 Å². The molecule has 0 aliphatic carbocycles. The minimum Gasteiger partial charge on any atom is -0.368 e. The third-order valence-corrected chi connectivity index (χ3v) is 2.44. The molecular weight excluding hydrogens is 188 g/mol. The van der Waals surface area contributed by atoms with E-state index >= 15 is 0 Å². The van der Waals surface area contributed by atoms with Crippen LogP contribution in [-0.4, -0.2) is 5.91 Å². The molecule has 0 saturated carbocycles. The van der Waals surface area contributed by atoms with Crippen LogP contribution in [0.25, 0.3) is 10.8 Å². The number of benzene rings is 2. The number of carbonyl (C=O) groups excluding carboxylic acids is 1. The topological polar surface area (TPSA) is 69.1 Å². The van der Waals surface area contributed by atoms with E-state index < -0.39 is 11.9 Å². The second-order valence-electron chi connectivity index (χ2n) is 3.49. The van der Waals surface area contributed by atoms with Gasteiger partial charge in [0.05, 0.1) is 0 Å². The van der Waals surface area contributed by atoms with E-state index in [4.69, 9.17) is 11.5 Å². The van der Waals surface area contributed by atoms with Crippen molar-refractivity contribution in [1.82, 2.24) is 0 Å². The predicted octanol–water partition coefficient (Wildman–Crippen LogP) is 1.32. The fourth-order valence-corrected chi connectivity index (χ4v) is 1.57. The number of hydrogen-bond acceptors (Lipinski definition) is 2. The maximum absolute atomic E-state index is 10.9. The average Bonchev–Trinajstić information content (AvgIpc) is 2.27. The summed E-state index contributed by atoms with van der Waals surface area (Å²) in [6.07, 6.45) is 0. The Kier molecular flexibility index (Phi) is 2.39. The molecule has 1 amide bonds. The fourth-order valence-electron chi connectivity index (χ4n) is 1.57. The highest BCUT2D eigenvalue weighted by atomic mass is 16.1. The zero-order chi connectivity index (χ0) is 10.8. The van der Waals surface area contributed by atoms with Gasteiger partial charge in [-0.3, -0.25) is 4.79 Å². The molecule has 0 aromatic heterocycles. The molecule has 0 unspecified atom stereocenters. The third kappa shape index (κ3) is 1.82. The molecule has 3 heteroatoms. The quantitative estimate of drug-likeness (QED) is 0.767. The Balaban J connectivity index is 2.51. The number of hydrogen-bond donors (Lipinski definition) is 2. The first-order chi connectivity index (χ1) is 7.18. The summed E-state index contributed by atoms with van der Waals surface area (Å²) in [4.78, 5) is 10.9. The van der Waals surface area contributed by atoms with Crippen molar-refractivity contribution in [3.63, 3.8) is 0 Å². The molecule has 3 nitrogen and oxygen atoms in total.